The predicted molar refractivity (Wildman–Crippen MR) is 99.0 cm³/mol. The molecule has 0 spiro atoms. The van der Waals surface area contributed by atoms with Crippen LogP contribution in [0.15, 0.2) is 10.7 Å². The van der Waals surface area contributed by atoms with Crippen molar-refractivity contribution >= 4 is 38.7 Å². The van der Waals surface area contributed by atoms with E-state index in [-0.39, 0.29) is 12.1 Å². The normalized spacial score (nSPS) is 17.7. The first-order chi connectivity index (χ1) is 11.7. The van der Waals surface area contributed by atoms with E-state index in [2.05, 4.69) is 31.9 Å². The summed E-state index contributed by atoms with van der Waals surface area (Å²) in [4.78, 5) is 18.1. The highest BCUT2D eigenvalue weighted by atomic mass is 79.9. The lowest BCUT2D eigenvalue weighted by Gasteiger charge is -2.24. The molecular formula is C17H20BrN5O2. The number of carbonyl (C=O) groups is 1. The Labute approximate surface area is 154 Å². The first kappa shape index (κ1) is 17.5. The third-order valence-corrected chi connectivity index (χ3v) is 4.59. The number of hydrogen-bond acceptors (Lipinski definition) is 5. The first-order valence-electron chi connectivity index (χ1n) is 7.98. The zero-order chi connectivity index (χ0) is 18.4. The fraction of sp³-hybridized carbons (Fsp3) is 0.471. The topological polar surface area (TPSA) is 86.3 Å². The van der Waals surface area contributed by atoms with Crippen LogP contribution in [0.2, 0.25) is 0 Å². The number of likely N-dealkylation sites (tertiary alicyclic amines) is 1. The molecule has 0 saturated carbocycles. The van der Waals surface area contributed by atoms with Crippen molar-refractivity contribution in [2.75, 3.05) is 18.8 Å². The molecule has 0 aliphatic carbocycles. The lowest BCUT2D eigenvalue weighted by Crippen LogP contribution is -2.35. The van der Waals surface area contributed by atoms with Crippen molar-refractivity contribution in [2.45, 2.75) is 38.8 Å². The van der Waals surface area contributed by atoms with Crippen LogP contribution in [0.5, 0.6) is 0 Å². The van der Waals surface area contributed by atoms with E-state index in [9.17, 15) is 4.79 Å². The molecule has 25 heavy (non-hydrogen) atoms. The van der Waals surface area contributed by atoms with Gasteiger partial charge in [-0.2, -0.15) is 5.10 Å². The summed E-state index contributed by atoms with van der Waals surface area (Å²) in [7, 11) is 0. The largest absolute Gasteiger partial charge is 0.444 e. The number of anilines is 1. The molecule has 132 valence electrons. The lowest BCUT2D eigenvalue weighted by molar-refractivity contribution is 0.0288. The molecule has 3 rings (SSSR count). The Balaban J connectivity index is 1.93. The van der Waals surface area contributed by atoms with Gasteiger partial charge in [-0.3, -0.25) is 4.68 Å². The highest BCUT2D eigenvalue weighted by molar-refractivity contribution is 9.10. The molecule has 1 atom stereocenters. The van der Waals surface area contributed by atoms with E-state index < -0.39 is 5.60 Å². The molecule has 7 nitrogen and oxygen atoms in total. The number of nitrogen functional groups attached to an aromatic ring is 1. The number of nitrogens with two attached hydrogens (primary N) is 1. The molecule has 3 heterocycles. The second kappa shape index (κ2) is 6.23. The number of amides is 1. The van der Waals surface area contributed by atoms with Gasteiger partial charge < -0.3 is 15.4 Å². The van der Waals surface area contributed by atoms with Crippen LogP contribution in [0, 0.1) is 12.3 Å². The average Bonchev–Trinajstić information content (AvgIpc) is 3.13. The molecule has 0 aromatic carbocycles. The maximum atomic E-state index is 12.3. The number of halogens is 1. The summed E-state index contributed by atoms with van der Waals surface area (Å²) >= 11 is 3.50. The molecule has 1 aliphatic heterocycles. The fourth-order valence-electron chi connectivity index (χ4n) is 2.96. The maximum absolute atomic E-state index is 12.3. The standard InChI is InChI=1S/C17H20BrN5O2/c1-5-12-13-14(11(18)8-20-15(13)19)23(21-12)10-6-7-22(9-10)16(24)25-17(2,3)4/h1,8,10H,6-7,9H2,2-4H3,(H2,19,20)/t10-/m0/s1. The van der Waals surface area contributed by atoms with Crippen LogP contribution in [0.25, 0.3) is 10.9 Å². The smallest absolute Gasteiger partial charge is 0.410 e. The van der Waals surface area contributed by atoms with Gasteiger partial charge in [-0.1, -0.05) is 0 Å². The predicted octanol–water partition coefficient (Wildman–Crippen LogP) is 2.94. The van der Waals surface area contributed by atoms with Gasteiger partial charge in [-0.25, -0.2) is 9.78 Å². The summed E-state index contributed by atoms with van der Waals surface area (Å²) in [5.74, 6) is 2.92. The summed E-state index contributed by atoms with van der Waals surface area (Å²) in [6.45, 7) is 6.66. The number of carbonyl (C=O) groups excluding carboxylic acids is 1. The van der Waals surface area contributed by atoms with Crippen LogP contribution in [0.1, 0.15) is 38.9 Å². The average molecular weight is 406 g/mol. The number of ether oxygens (including phenoxy) is 1. The molecule has 2 N–H and O–H groups in total. The second-order valence-electron chi connectivity index (χ2n) is 7.02. The summed E-state index contributed by atoms with van der Waals surface area (Å²) in [5.41, 5.74) is 6.73. The maximum Gasteiger partial charge on any atom is 0.410 e. The minimum absolute atomic E-state index is 0.00443. The van der Waals surface area contributed by atoms with E-state index in [1.807, 2.05) is 25.5 Å². The van der Waals surface area contributed by atoms with E-state index in [0.29, 0.717) is 30.0 Å². The first-order valence-corrected chi connectivity index (χ1v) is 8.77. The Morgan fingerprint density at radius 1 is 1.52 bits per heavy atom. The molecule has 1 amide bonds. The van der Waals surface area contributed by atoms with E-state index in [1.54, 1.807) is 11.1 Å². The van der Waals surface area contributed by atoms with Gasteiger partial charge in [-0.05, 0) is 49.0 Å². The van der Waals surface area contributed by atoms with Crippen molar-refractivity contribution in [1.29, 1.82) is 0 Å². The zero-order valence-electron chi connectivity index (χ0n) is 14.4. The third-order valence-electron chi connectivity index (χ3n) is 4.01. The Hall–Kier alpha value is -2.27. The van der Waals surface area contributed by atoms with Gasteiger partial charge in [0, 0.05) is 19.3 Å². The molecule has 1 saturated heterocycles. The number of rotatable bonds is 1. The van der Waals surface area contributed by atoms with Crippen molar-refractivity contribution in [3.63, 3.8) is 0 Å². The third kappa shape index (κ3) is 3.29. The summed E-state index contributed by atoms with van der Waals surface area (Å²) in [5, 5.41) is 5.19. The second-order valence-corrected chi connectivity index (χ2v) is 7.88. The van der Waals surface area contributed by atoms with Crippen LogP contribution < -0.4 is 5.73 Å². The zero-order valence-corrected chi connectivity index (χ0v) is 16.0. The van der Waals surface area contributed by atoms with Gasteiger partial charge >= 0.3 is 6.09 Å². The molecule has 1 aliphatic rings. The number of nitrogens with zero attached hydrogens (tertiary/aromatic N) is 4. The van der Waals surface area contributed by atoms with E-state index in [4.69, 9.17) is 16.9 Å². The number of terminal acetylenes is 1. The molecular weight excluding hydrogens is 386 g/mol. The number of fused-ring (bicyclic) bond motifs is 1. The van der Waals surface area contributed by atoms with Crippen molar-refractivity contribution in [2.24, 2.45) is 0 Å². The molecule has 2 aromatic heterocycles. The Morgan fingerprint density at radius 3 is 2.88 bits per heavy atom. The number of pyridine rings is 1. The van der Waals surface area contributed by atoms with Gasteiger partial charge in [0.2, 0.25) is 0 Å². The van der Waals surface area contributed by atoms with Crippen molar-refractivity contribution < 1.29 is 9.53 Å². The Morgan fingerprint density at radius 2 is 2.24 bits per heavy atom. The monoisotopic (exact) mass is 405 g/mol. The van der Waals surface area contributed by atoms with Crippen LogP contribution in [0.4, 0.5) is 10.6 Å². The van der Waals surface area contributed by atoms with E-state index in [0.717, 1.165) is 16.4 Å². The number of aromatic nitrogens is 3. The van der Waals surface area contributed by atoms with Gasteiger partial charge in [0.05, 0.1) is 21.4 Å². The summed E-state index contributed by atoms with van der Waals surface area (Å²) in [6.07, 6.45) is 7.66. The van der Waals surface area contributed by atoms with E-state index in [1.165, 1.54) is 0 Å². The number of hydrogen-bond donors (Lipinski definition) is 1. The van der Waals surface area contributed by atoms with Crippen LogP contribution >= 0.6 is 15.9 Å². The van der Waals surface area contributed by atoms with Crippen LogP contribution in [-0.4, -0.2) is 44.4 Å². The van der Waals surface area contributed by atoms with E-state index >= 15 is 0 Å². The van der Waals surface area contributed by atoms with Crippen molar-refractivity contribution in [3.8, 4) is 12.3 Å². The van der Waals surface area contributed by atoms with Gasteiger partial charge in [0.1, 0.15) is 17.1 Å². The van der Waals surface area contributed by atoms with Crippen molar-refractivity contribution in [3.05, 3.63) is 16.4 Å². The lowest BCUT2D eigenvalue weighted by atomic mass is 10.2. The van der Waals surface area contributed by atoms with Gasteiger partial charge in [0.25, 0.3) is 0 Å². The van der Waals surface area contributed by atoms with Crippen LogP contribution in [-0.2, 0) is 4.74 Å². The molecule has 1 fully saturated rings. The van der Waals surface area contributed by atoms with Gasteiger partial charge in [-0.15, -0.1) is 6.42 Å². The van der Waals surface area contributed by atoms with Gasteiger partial charge in [0.15, 0.2) is 0 Å². The molecule has 8 heteroatoms. The molecule has 0 bridgehead atoms. The fourth-order valence-corrected chi connectivity index (χ4v) is 3.44. The minimum Gasteiger partial charge on any atom is -0.444 e. The Kier molecular flexibility index (Phi) is 4.37. The quantitative estimate of drug-likeness (QED) is 0.736. The Bertz CT molecular complexity index is 878. The van der Waals surface area contributed by atoms with Crippen LogP contribution in [0.3, 0.4) is 0 Å². The summed E-state index contributed by atoms with van der Waals surface area (Å²) < 4.78 is 8.06. The summed E-state index contributed by atoms with van der Waals surface area (Å²) in [6, 6.07) is -0.00443. The van der Waals surface area contributed by atoms with Crippen molar-refractivity contribution in [1.82, 2.24) is 19.7 Å². The highest BCUT2D eigenvalue weighted by Gasteiger charge is 2.32. The molecule has 0 radical (unpaired) electrons. The molecule has 2 aromatic rings. The molecule has 0 unspecified atom stereocenters. The SMILES string of the molecule is C#Cc1nn([C@H]2CCN(C(=O)OC(C)(C)C)C2)c2c(Br)cnc(N)c12. The minimum atomic E-state index is -0.520. The highest BCUT2D eigenvalue weighted by Crippen LogP contribution is 2.34.